The zero-order valence-corrected chi connectivity index (χ0v) is 12.2. The number of rotatable bonds is 3. The van der Waals surface area contributed by atoms with E-state index >= 15 is 0 Å². The molecule has 0 bridgehead atoms. The Labute approximate surface area is 110 Å². The molecular formula is C9H14AcN2. The molecule has 0 aliphatic heterocycles. The van der Waals surface area contributed by atoms with Crippen molar-refractivity contribution >= 4 is 5.69 Å². The van der Waals surface area contributed by atoms with E-state index in [4.69, 9.17) is 5.73 Å². The van der Waals surface area contributed by atoms with Crippen molar-refractivity contribution < 1.29 is 48.6 Å². The number of aromatic nitrogens is 1. The molecule has 0 atom stereocenters. The average molecular weight is 377 g/mol. The zero-order chi connectivity index (χ0) is 8.10. The van der Waals surface area contributed by atoms with E-state index in [0.717, 1.165) is 6.54 Å². The van der Waals surface area contributed by atoms with Gasteiger partial charge in [0.1, 0.15) is 6.54 Å². The molecule has 1 aromatic rings. The Morgan fingerprint density at radius 1 is 1.50 bits per heavy atom. The number of hydrogen-bond donors (Lipinski definition) is 0. The van der Waals surface area contributed by atoms with Crippen molar-refractivity contribution in [2.75, 3.05) is 0 Å². The van der Waals surface area contributed by atoms with Crippen LogP contribution in [0.5, 0.6) is 0 Å². The number of aryl methyl sites for hydroxylation is 1. The minimum Gasteiger partial charge on any atom is -0.694 e. The predicted octanol–water partition coefficient (Wildman–Crippen LogP) is 2.46. The van der Waals surface area contributed by atoms with Crippen LogP contribution in [-0.2, 0) is 6.54 Å². The van der Waals surface area contributed by atoms with Crippen molar-refractivity contribution in [1.29, 1.82) is 0 Å². The molecule has 0 spiro atoms. The Morgan fingerprint density at radius 3 is 2.83 bits per heavy atom. The average Bonchev–Trinajstić information content (AvgIpc) is 2.01. The van der Waals surface area contributed by atoms with Crippen LogP contribution in [0.3, 0.4) is 0 Å². The standard InChI is InChI=1S/C9H14N2.Ac/c1-2-3-6-11-7-4-5-9(10)8-11;/h4-5,7-8,10H,2-3,6H2,1H3;. The van der Waals surface area contributed by atoms with Crippen LogP contribution in [0.2, 0.25) is 0 Å². The van der Waals surface area contributed by atoms with Gasteiger partial charge in [-0.2, -0.15) is 0 Å². The summed E-state index contributed by atoms with van der Waals surface area (Å²) in [7, 11) is 0. The summed E-state index contributed by atoms with van der Waals surface area (Å²) in [4.78, 5) is 0. The van der Waals surface area contributed by atoms with Gasteiger partial charge in [-0.3, -0.25) is 0 Å². The summed E-state index contributed by atoms with van der Waals surface area (Å²) in [5, 5.41) is 0. The molecule has 2 nitrogen and oxygen atoms in total. The molecule has 0 amide bonds. The minimum absolute atomic E-state index is 0. The molecule has 0 saturated carbocycles. The van der Waals surface area contributed by atoms with E-state index in [9.17, 15) is 0 Å². The third-order valence-corrected chi connectivity index (χ3v) is 1.63. The summed E-state index contributed by atoms with van der Waals surface area (Å²) >= 11 is 0. The minimum atomic E-state index is 0. The molecule has 63 valence electrons. The summed E-state index contributed by atoms with van der Waals surface area (Å²) in [5.74, 6) is 0. The normalized spacial score (nSPS) is 9.08. The van der Waals surface area contributed by atoms with E-state index in [2.05, 4.69) is 11.5 Å². The summed E-state index contributed by atoms with van der Waals surface area (Å²) < 4.78 is 2.06. The second-order valence-corrected chi connectivity index (χ2v) is 2.68. The van der Waals surface area contributed by atoms with Crippen molar-refractivity contribution in [2.45, 2.75) is 26.3 Å². The fourth-order valence-corrected chi connectivity index (χ4v) is 1.00. The second-order valence-electron chi connectivity index (χ2n) is 2.68. The maximum absolute atomic E-state index is 7.35. The number of pyridine rings is 1. The largest absolute Gasteiger partial charge is 0.694 e. The Balaban J connectivity index is 0.00000121. The van der Waals surface area contributed by atoms with Crippen molar-refractivity contribution in [2.24, 2.45) is 0 Å². The van der Waals surface area contributed by atoms with Crippen LogP contribution in [0.25, 0.3) is 5.73 Å². The molecule has 0 saturated heterocycles. The summed E-state index contributed by atoms with van der Waals surface area (Å²) in [6.45, 7) is 3.20. The SMILES string of the molecule is CCCC[n+]1cccc([NH-])c1.[Ac]. The molecule has 1 heterocycles. The van der Waals surface area contributed by atoms with Gasteiger partial charge in [0, 0.05) is 56.5 Å². The summed E-state index contributed by atoms with van der Waals surface area (Å²) in [5.41, 5.74) is 7.94. The molecule has 1 N–H and O–H groups in total. The van der Waals surface area contributed by atoms with E-state index in [1.807, 2.05) is 18.5 Å². The summed E-state index contributed by atoms with van der Waals surface area (Å²) in [6, 6.07) is 3.71. The molecular weight excluding hydrogens is 363 g/mol. The van der Waals surface area contributed by atoms with Gasteiger partial charge in [0.15, 0.2) is 12.4 Å². The molecule has 0 aliphatic carbocycles. The fraction of sp³-hybridized carbons (Fsp3) is 0.444. The van der Waals surface area contributed by atoms with Crippen molar-refractivity contribution in [3.8, 4) is 0 Å². The van der Waals surface area contributed by atoms with Crippen molar-refractivity contribution in [3.05, 3.63) is 30.3 Å². The van der Waals surface area contributed by atoms with Gasteiger partial charge in [-0.15, -0.1) is 0 Å². The van der Waals surface area contributed by atoms with Crippen LogP contribution < -0.4 is 4.57 Å². The summed E-state index contributed by atoms with van der Waals surface area (Å²) in [6.07, 6.45) is 6.26. The van der Waals surface area contributed by atoms with Gasteiger partial charge in [-0.1, -0.05) is 25.1 Å². The Hall–Kier alpha value is 0.392. The maximum atomic E-state index is 7.35. The Bertz CT molecular complexity index is 226. The van der Waals surface area contributed by atoms with E-state index in [0.29, 0.717) is 5.69 Å². The monoisotopic (exact) mass is 377 g/mol. The van der Waals surface area contributed by atoms with Gasteiger partial charge >= 0.3 is 0 Å². The van der Waals surface area contributed by atoms with Crippen LogP contribution in [0.15, 0.2) is 24.5 Å². The fourth-order valence-electron chi connectivity index (χ4n) is 1.00. The van der Waals surface area contributed by atoms with Gasteiger partial charge in [0.05, 0.1) is 0 Å². The van der Waals surface area contributed by atoms with Crippen molar-refractivity contribution in [3.63, 3.8) is 0 Å². The zero-order valence-electron chi connectivity index (χ0n) is 7.46. The van der Waals surface area contributed by atoms with E-state index < -0.39 is 0 Å². The number of unbranched alkanes of at least 4 members (excludes halogenated alkanes) is 1. The van der Waals surface area contributed by atoms with E-state index in [-0.39, 0.29) is 44.1 Å². The van der Waals surface area contributed by atoms with Crippen LogP contribution in [-0.4, -0.2) is 0 Å². The number of nitrogens with one attached hydrogen (secondary N) is 1. The number of nitrogens with zero attached hydrogens (tertiary/aromatic N) is 1. The molecule has 1 rings (SSSR count). The van der Waals surface area contributed by atoms with Crippen LogP contribution in [0, 0.1) is 44.1 Å². The third-order valence-electron chi connectivity index (χ3n) is 1.63. The predicted molar refractivity (Wildman–Crippen MR) is 45.5 cm³/mol. The topological polar surface area (TPSA) is 27.7 Å². The first-order valence-corrected chi connectivity index (χ1v) is 4.03. The van der Waals surface area contributed by atoms with Gasteiger partial charge in [0.25, 0.3) is 0 Å². The first-order valence-electron chi connectivity index (χ1n) is 4.03. The molecule has 0 unspecified atom stereocenters. The van der Waals surface area contributed by atoms with Crippen LogP contribution >= 0.6 is 0 Å². The van der Waals surface area contributed by atoms with E-state index in [1.54, 1.807) is 6.07 Å². The van der Waals surface area contributed by atoms with Gasteiger partial charge in [-0.25, -0.2) is 4.57 Å². The second kappa shape index (κ2) is 6.86. The smallest absolute Gasteiger partial charge is 0.168 e. The Morgan fingerprint density at radius 2 is 2.25 bits per heavy atom. The molecule has 0 aromatic carbocycles. The molecule has 1 radical (unpaired) electrons. The van der Waals surface area contributed by atoms with Gasteiger partial charge < -0.3 is 5.73 Å². The molecule has 0 aliphatic rings. The quantitative estimate of drug-likeness (QED) is 0.724. The Kier molecular flexibility index (Phi) is 7.08. The first kappa shape index (κ1) is 12.4. The molecule has 1 aromatic heterocycles. The molecule has 12 heavy (non-hydrogen) atoms. The first-order chi connectivity index (χ1) is 5.33. The third kappa shape index (κ3) is 4.43. The molecule has 0 fully saturated rings. The van der Waals surface area contributed by atoms with Crippen molar-refractivity contribution in [1.82, 2.24) is 0 Å². The van der Waals surface area contributed by atoms with Gasteiger partial charge in [0.2, 0.25) is 0 Å². The van der Waals surface area contributed by atoms with E-state index in [1.165, 1.54) is 12.8 Å². The van der Waals surface area contributed by atoms with Gasteiger partial charge in [-0.05, 0) is 0 Å². The number of hydrogen-bond acceptors (Lipinski definition) is 0. The van der Waals surface area contributed by atoms with Crippen LogP contribution in [0.1, 0.15) is 19.8 Å². The van der Waals surface area contributed by atoms with Crippen LogP contribution in [0.4, 0.5) is 5.69 Å². The maximum Gasteiger partial charge on any atom is 0.168 e. The molecule has 3 heteroatoms.